The van der Waals surface area contributed by atoms with E-state index in [4.69, 9.17) is 9.63 Å². The number of hydrogen-bond donors (Lipinski definition) is 1. The molecule has 1 N–H and O–H groups in total. The van der Waals surface area contributed by atoms with Gasteiger partial charge in [-0.05, 0) is 11.8 Å². The van der Waals surface area contributed by atoms with Crippen LogP contribution in [0.2, 0.25) is 0 Å². The maximum absolute atomic E-state index is 10.6. The van der Waals surface area contributed by atoms with E-state index in [0.29, 0.717) is 18.1 Å². The summed E-state index contributed by atoms with van der Waals surface area (Å²) in [7, 11) is 0. The molecule has 0 atom stereocenters. The topological polar surface area (TPSA) is 76.2 Å². The second-order valence-corrected chi connectivity index (χ2v) is 4.77. The van der Waals surface area contributed by atoms with Gasteiger partial charge >= 0.3 is 5.97 Å². The average Bonchev–Trinajstić information content (AvgIpc) is 2.49. The smallest absolute Gasteiger partial charge is 0.303 e. The fourth-order valence-corrected chi connectivity index (χ4v) is 1.57. The summed E-state index contributed by atoms with van der Waals surface area (Å²) in [6.07, 6.45) is 2.36. The summed E-state index contributed by atoms with van der Waals surface area (Å²) in [5.41, 5.74) is -0.359. The van der Waals surface area contributed by atoms with Gasteiger partial charge in [0.1, 0.15) is 0 Å². The third-order valence-electron chi connectivity index (χ3n) is 2.24. The number of rotatable bonds is 6. The Hall–Kier alpha value is -1.33. The van der Waals surface area contributed by atoms with Gasteiger partial charge in [-0.3, -0.25) is 4.79 Å². The third kappa shape index (κ3) is 5.52. The van der Waals surface area contributed by atoms with E-state index in [2.05, 4.69) is 10.1 Å². The van der Waals surface area contributed by atoms with E-state index in [1.807, 2.05) is 20.8 Å². The summed E-state index contributed by atoms with van der Waals surface area (Å²) in [5, 5.41) is 12.6. The van der Waals surface area contributed by atoms with Crippen LogP contribution in [0, 0.1) is 5.41 Å². The lowest BCUT2D eigenvalue weighted by Crippen LogP contribution is -2.19. The molecule has 17 heavy (non-hydrogen) atoms. The van der Waals surface area contributed by atoms with Crippen LogP contribution in [0.1, 0.15) is 45.3 Å². The minimum atomic E-state index is -0.807. The molecule has 1 heterocycles. The van der Waals surface area contributed by atoms with Gasteiger partial charge in [0.05, 0.1) is 6.42 Å². The minimum Gasteiger partial charge on any atom is -0.481 e. The number of aromatic nitrogens is 2. The fourth-order valence-electron chi connectivity index (χ4n) is 1.57. The van der Waals surface area contributed by atoms with E-state index in [0.717, 1.165) is 12.8 Å². The van der Waals surface area contributed by atoms with Gasteiger partial charge in [0, 0.05) is 21.3 Å². The number of carbonyl (C=O) groups is 1. The zero-order valence-electron chi connectivity index (χ0n) is 10.6. The molecule has 3 radical (unpaired) electrons. The van der Waals surface area contributed by atoms with E-state index in [1.54, 1.807) is 0 Å². The standard InChI is InChI=1S/C11H18N2O3.B/c1-4-5-8-12-9(16-13-8)6-11(2,3)7-10(14)15;/h4-7H2,1-3H3,(H,14,15);. The molecule has 1 rings (SSSR count). The fraction of sp³-hybridized carbons (Fsp3) is 0.727. The van der Waals surface area contributed by atoms with Crippen molar-refractivity contribution in [2.45, 2.75) is 46.5 Å². The maximum Gasteiger partial charge on any atom is 0.303 e. The summed E-state index contributed by atoms with van der Waals surface area (Å²) < 4.78 is 5.08. The molecule has 0 spiro atoms. The molecule has 1 aromatic rings. The number of aliphatic carboxylic acids is 1. The summed E-state index contributed by atoms with van der Waals surface area (Å²) in [5.74, 6) is 0.414. The lowest BCUT2D eigenvalue weighted by molar-refractivity contribution is -0.139. The molecule has 0 aliphatic carbocycles. The number of nitrogens with zero attached hydrogens (tertiary/aromatic N) is 2. The van der Waals surface area contributed by atoms with Crippen LogP contribution in [0.15, 0.2) is 4.52 Å². The summed E-state index contributed by atoms with van der Waals surface area (Å²) >= 11 is 0. The molecular weight excluding hydrogens is 219 g/mol. The largest absolute Gasteiger partial charge is 0.481 e. The van der Waals surface area contributed by atoms with Crippen molar-refractivity contribution in [3.05, 3.63) is 11.7 Å². The van der Waals surface area contributed by atoms with Crippen LogP contribution >= 0.6 is 0 Å². The molecule has 93 valence electrons. The normalized spacial score (nSPS) is 11.0. The Balaban J connectivity index is 0.00000256. The van der Waals surface area contributed by atoms with Gasteiger partial charge in [0.2, 0.25) is 5.89 Å². The van der Waals surface area contributed by atoms with Crippen molar-refractivity contribution in [3.8, 4) is 0 Å². The van der Waals surface area contributed by atoms with E-state index < -0.39 is 5.97 Å². The molecule has 0 saturated heterocycles. The molecule has 5 nitrogen and oxygen atoms in total. The minimum absolute atomic E-state index is 0. The first-order valence-corrected chi connectivity index (χ1v) is 5.46. The SMILES string of the molecule is CCCc1noc(CC(C)(C)CC(=O)O)n1.[B]. The molecule has 1 aromatic heterocycles. The highest BCUT2D eigenvalue weighted by atomic mass is 16.5. The van der Waals surface area contributed by atoms with Crippen LogP contribution in [0.5, 0.6) is 0 Å². The van der Waals surface area contributed by atoms with Gasteiger partial charge in [-0.2, -0.15) is 4.98 Å². The number of carboxylic acids is 1. The van der Waals surface area contributed by atoms with E-state index in [-0.39, 0.29) is 20.2 Å². The van der Waals surface area contributed by atoms with Gasteiger partial charge in [-0.25, -0.2) is 0 Å². The van der Waals surface area contributed by atoms with Crippen molar-refractivity contribution >= 4 is 14.4 Å². The predicted molar refractivity (Wildman–Crippen MR) is 63.8 cm³/mol. The molecule has 0 saturated carbocycles. The summed E-state index contributed by atoms with van der Waals surface area (Å²) in [4.78, 5) is 14.9. The number of hydrogen-bond acceptors (Lipinski definition) is 4. The molecular formula is C11H18BN2O3. The monoisotopic (exact) mass is 237 g/mol. The van der Waals surface area contributed by atoms with E-state index in [1.165, 1.54) is 0 Å². The Labute approximate surface area is 103 Å². The first-order chi connectivity index (χ1) is 7.43. The molecule has 0 aromatic carbocycles. The van der Waals surface area contributed by atoms with Gasteiger partial charge in [0.25, 0.3) is 0 Å². The van der Waals surface area contributed by atoms with Crippen molar-refractivity contribution < 1.29 is 14.4 Å². The summed E-state index contributed by atoms with van der Waals surface area (Å²) in [6.45, 7) is 5.81. The van der Waals surface area contributed by atoms with Crippen LogP contribution in [0.3, 0.4) is 0 Å². The lowest BCUT2D eigenvalue weighted by atomic mass is 9.86. The van der Waals surface area contributed by atoms with Crippen molar-refractivity contribution in [2.24, 2.45) is 5.41 Å². The quantitative estimate of drug-likeness (QED) is 0.761. The second kappa shape index (κ2) is 6.42. The van der Waals surface area contributed by atoms with Gasteiger partial charge in [-0.15, -0.1) is 0 Å². The van der Waals surface area contributed by atoms with Crippen LogP contribution in [-0.4, -0.2) is 29.6 Å². The van der Waals surface area contributed by atoms with Gasteiger partial charge < -0.3 is 9.63 Å². The molecule has 0 aliphatic rings. The Kier molecular flexibility index (Phi) is 5.92. The maximum atomic E-state index is 10.6. The molecule has 0 aliphatic heterocycles. The molecule has 0 unspecified atom stereocenters. The molecule has 0 amide bonds. The van der Waals surface area contributed by atoms with Crippen LogP contribution in [0.25, 0.3) is 0 Å². The van der Waals surface area contributed by atoms with Gasteiger partial charge in [-0.1, -0.05) is 25.9 Å². The van der Waals surface area contributed by atoms with Crippen molar-refractivity contribution in [2.75, 3.05) is 0 Å². The Morgan fingerprint density at radius 3 is 2.65 bits per heavy atom. The molecule has 6 heteroatoms. The highest BCUT2D eigenvalue weighted by molar-refractivity contribution is 5.75. The zero-order valence-corrected chi connectivity index (χ0v) is 10.6. The Bertz CT molecular complexity index is 363. The second-order valence-electron chi connectivity index (χ2n) is 4.77. The van der Waals surface area contributed by atoms with E-state index in [9.17, 15) is 4.79 Å². The highest BCUT2D eigenvalue weighted by Gasteiger charge is 2.25. The van der Waals surface area contributed by atoms with Crippen molar-refractivity contribution in [1.29, 1.82) is 0 Å². The Morgan fingerprint density at radius 2 is 2.12 bits per heavy atom. The molecule has 0 bridgehead atoms. The first-order valence-electron chi connectivity index (χ1n) is 5.46. The Morgan fingerprint density at radius 1 is 1.47 bits per heavy atom. The van der Waals surface area contributed by atoms with E-state index >= 15 is 0 Å². The highest BCUT2D eigenvalue weighted by Crippen LogP contribution is 2.25. The van der Waals surface area contributed by atoms with Crippen LogP contribution in [0.4, 0.5) is 0 Å². The first kappa shape index (κ1) is 15.7. The average molecular weight is 237 g/mol. The molecule has 0 fully saturated rings. The van der Waals surface area contributed by atoms with Crippen molar-refractivity contribution in [1.82, 2.24) is 10.1 Å². The van der Waals surface area contributed by atoms with Crippen molar-refractivity contribution in [3.63, 3.8) is 0 Å². The van der Waals surface area contributed by atoms with Crippen LogP contribution in [-0.2, 0) is 17.6 Å². The number of aryl methyl sites for hydroxylation is 1. The third-order valence-corrected chi connectivity index (χ3v) is 2.24. The summed E-state index contributed by atoms with van der Waals surface area (Å²) in [6, 6.07) is 0. The van der Waals surface area contributed by atoms with Gasteiger partial charge in [0.15, 0.2) is 5.82 Å². The number of carboxylic acid groups (broad SMARTS) is 1. The predicted octanol–water partition coefficient (Wildman–Crippen LogP) is 1.68. The zero-order chi connectivity index (χ0) is 12.2. The lowest BCUT2D eigenvalue weighted by Gasteiger charge is -2.19. The van der Waals surface area contributed by atoms with Crippen LogP contribution < -0.4 is 0 Å².